The van der Waals surface area contributed by atoms with E-state index in [-0.39, 0.29) is 10.6 Å². The number of amides is 1. The minimum Gasteiger partial charge on any atom is -0.340 e. The van der Waals surface area contributed by atoms with Gasteiger partial charge in [-0.2, -0.15) is 0 Å². The van der Waals surface area contributed by atoms with Crippen LogP contribution in [0, 0.1) is 10.1 Å². The number of nitro groups is 1. The van der Waals surface area contributed by atoms with E-state index in [1.54, 1.807) is 12.1 Å². The summed E-state index contributed by atoms with van der Waals surface area (Å²) >= 11 is 0. The lowest BCUT2D eigenvalue weighted by Crippen LogP contribution is -2.55. The molecule has 2 unspecified atom stereocenters. The van der Waals surface area contributed by atoms with Crippen molar-refractivity contribution in [1.29, 1.82) is 0 Å². The van der Waals surface area contributed by atoms with Crippen molar-refractivity contribution in [3.8, 4) is 0 Å². The van der Waals surface area contributed by atoms with Crippen molar-refractivity contribution in [3.63, 3.8) is 0 Å². The van der Waals surface area contributed by atoms with Crippen LogP contribution in [0.4, 0.5) is 5.69 Å². The normalized spacial score (nSPS) is 23.3. The van der Waals surface area contributed by atoms with E-state index in [1.807, 2.05) is 17.9 Å². The molecule has 6 heteroatoms. The van der Waals surface area contributed by atoms with E-state index in [2.05, 4.69) is 11.0 Å². The lowest BCUT2D eigenvalue weighted by Gasteiger charge is -2.40. The molecular formula is C19H25N3O3. The highest BCUT2D eigenvalue weighted by Gasteiger charge is 2.40. The Balaban J connectivity index is 1.56. The predicted octanol–water partition coefficient (Wildman–Crippen LogP) is 3.08. The van der Waals surface area contributed by atoms with Crippen LogP contribution in [0.3, 0.4) is 0 Å². The number of likely N-dealkylation sites (tertiary alicyclic amines) is 1. The number of carbonyl (C=O) groups excluding carboxylic acids is 1. The first kappa shape index (κ1) is 17.6. The first-order chi connectivity index (χ1) is 12.1. The van der Waals surface area contributed by atoms with Gasteiger partial charge >= 0.3 is 0 Å². The predicted molar refractivity (Wildman–Crippen MR) is 97.1 cm³/mol. The Bertz CT molecular complexity index is 642. The summed E-state index contributed by atoms with van der Waals surface area (Å²) in [6.07, 6.45) is 8.01. The maximum Gasteiger partial charge on any atom is 0.269 e. The number of hydrogen-bond donors (Lipinski definition) is 0. The molecule has 0 spiro atoms. The largest absolute Gasteiger partial charge is 0.340 e. The van der Waals surface area contributed by atoms with Crippen LogP contribution < -0.4 is 0 Å². The Morgan fingerprint density at radius 1 is 1.24 bits per heavy atom. The maximum absolute atomic E-state index is 12.1. The summed E-state index contributed by atoms with van der Waals surface area (Å²) in [5.74, 6) is 0.292. The Hall–Kier alpha value is -2.21. The van der Waals surface area contributed by atoms with Crippen LogP contribution in [0.15, 0.2) is 30.3 Å². The molecule has 134 valence electrons. The van der Waals surface area contributed by atoms with E-state index in [1.165, 1.54) is 12.1 Å². The van der Waals surface area contributed by atoms with Gasteiger partial charge < -0.3 is 4.90 Å². The fourth-order valence-electron chi connectivity index (χ4n) is 3.88. The van der Waals surface area contributed by atoms with Gasteiger partial charge in [-0.25, -0.2) is 0 Å². The molecule has 2 atom stereocenters. The lowest BCUT2D eigenvalue weighted by molar-refractivity contribution is -0.384. The molecule has 2 fully saturated rings. The van der Waals surface area contributed by atoms with Crippen molar-refractivity contribution in [2.75, 3.05) is 19.6 Å². The molecular weight excluding hydrogens is 318 g/mol. The molecule has 0 saturated carbocycles. The van der Waals surface area contributed by atoms with Gasteiger partial charge in [-0.1, -0.05) is 19.1 Å². The molecule has 2 aliphatic heterocycles. The quantitative estimate of drug-likeness (QED) is 0.588. The second-order valence-corrected chi connectivity index (χ2v) is 6.88. The van der Waals surface area contributed by atoms with Gasteiger partial charge in [0.2, 0.25) is 5.91 Å². The van der Waals surface area contributed by atoms with E-state index in [9.17, 15) is 14.9 Å². The van der Waals surface area contributed by atoms with E-state index < -0.39 is 0 Å². The van der Waals surface area contributed by atoms with Gasteiger partial charge in [0.25, 0.3) is 5.69 Å². The van der Waals surface area contributed by atoms with Crippen LogP contribution in [-0.2, 0) is 4.79 Å². The van der Waals surface area contributed by atoms with Crippen LogP contribution in [0.2, 0.25) is 0 Å². The Morgan fingerprint density at radius 2 is 1.88 bits per heavy atom. The van der Waals surface area contributed by atoms with Gasteiger partial charge in [0.05, 0.1) is 4.92 Å². The maximum atomic E-state index is 12.1. The van der Waals surface area contributed by atoms with Crippen molar-refractivity contribution < 1.29 is 9.72 Å². The number of benzene rings is 1. The van der Waals surface area contributed by atoms with Gasteiger partial charge in [0.15, 0.2) is 0 Å². The number of fused-ring (bicyclic) bond motifs is 2. The summed E-state index contributed by atoms with van der Waals surface area (Å²) in [5.41, 5.74) is 1.08. The Morgan fingerprint density at radius 3 is 2.44 bits per heavy atom. The topological polar surface area (TPSA) is 66.7 Å². The third kappa shape index (κ3) is 4.07. The minimum atomic E-state index is -0.384. The summed E-state index contributed by atoms with van der Waals surface area (Å²) in [6, 6.07) is 7.51. The fourth-order valence-corrected chi connectivity index (χ4v) is 3.88. The van der Waals surface area contributed by atoms with Crippen molar-refractivity contribution in [2.45, 2.75) is 44.7 Å². The molecule has 0 radical (unpaired) electrons. The zero-order valence-electron chi connectivity index (χ0n) is 14.6. The molecule has 2 saturated heterocycles. The molecule has 0 aliphatic carbocycles. The Kier molecular flexibility index (Phi) is 5.48. The molecule has 25 heavy (non-hydrogen) atoms. The van der Waals surface area contributed by atoms with Gasteiger partial charge in [-0.05, 0) is 37.0 Å². The molecule has 3 rings (SSSR count). The molecule has 2 bridgehead atoms. The van der Waals surface area contributed by atoms with Crippen molar-refractivity contribution in [2.24, 2.45) is 0 Å². The van der Waals surface area contributed by atoms with E-state index in [0.717, 1.165) is 44.5 Å². The van der Waals surface area contributed by atoms with Crippen molar-refractivity contribution in [1.82, 2.24) is 9.80 Å². The third-order valence-electron chi connectivity index (χ3n) is 5.18. The van der Waals surface area contributed by atoms with E-state index in [4.69, 9.17) is 0 Å². The van der Waals surface area contributed by atoms with E-state index in [0.29, 0.717) is 24.4 Å². The van der Waals surface area contributed by atoms with E-state index >= 15 is 0 Å². The SMILES string of the molecule is CCCC(=O)N1CC2CCC(C1)N2CC=Cc1ccc([N+](=O)[O-])cc1. The molecule has 6 nitrogen and oxygen atoms in total. The Labute approximate surface area is 148 Å². The number of nitrogens with zero attached hydrogens (tertiary/aromatic N) is 3. The third-order valence-corrected chi connectivity index (χ3v) is 5.18. The smallest absolute Gasteiger partial charge is 0.269 e. The molecule has 1 aromatic rings. The zero-order valence-corrected chi connectivity index (χ0v) is 14.6. The number of non-ortho nitro benzene ring substituents is 1. The summed E-state index contributed by atoms with van der Waals surface area (Å²) < 4.78 is 0. The molecule has 2 aliphatic rings. The average molecular weight is 343 g/mol. The monoisotopic (exact) mass is 343 g/mol. The number of carbonyl (C=O) groups is 1. The highest BCUT2D eigenvalue weighted by Crippen LogP contribution is 2.30. The summed E-state index contributed by atoms with van der Waals surface area (Å²) in [5, 5.41) is 10.7. The van der Waals surface area contributed by atoms with Crippen LogP contribution in [0.5, 0.6) is 0 Å². The van der Waals surface area contributed by atoms with Crippen LogP contribution in [-0.4, -0.2) is 52.3 Å². The van der Waals surface area contributed by atoms with Gasteiger partial charge in [0, 0.05) is 50.3 Å². The molecule has 0 N–H and O–H groups in total. The van der Waals surface area contributed by atoms with Crippen LogP contribution in [0.1, 0.15) is 38.2 Å². The minimum absolute atomic E-state index is 0.114. The highest BCUT2D eigenvalue weighted by molar-refractivity contribution is 5.76. The molecule has 1 aromatic carbocycles. The van der Waals surface area contributed by atoms with Crippen LogP contribution >= 0.6 is 0 Å². The summed E-state index contributed by atoms with van der Waals surface area (Å²) in [7, 11) is 0. The summed E-state index contributed by atoms with van der Waals surface area (Å²) in [6.45, 7) is 4.61. The highest BCUT2D eigenvalue weighted by atomic mass is 16.6. The van der Waals surface area contributed by atoms with Gasteiger partial charge in [-0.3, -0.25) is 19.8 Å². The first-order valence-electron chi connectivity index (χ1n) is 9.03. The molecule has 2 heterocycles. The zero-order chi connectivity index (χ0) is 17.8. The standard InChI is InChI=1S/C19H25N3O3/c1-2-4-19(23)20-13-17-10-11-18(14-20)21(17)12-3-5-15-6-8-16(9-7-15)22(24)25/h3,5-9,17-18H,2,4,10-14H2,1H3. The number of nitro benzene ring substituents is 1. The second-order valence-electron chi connectivity index (χ2n) is 6.88. The lowest BCUT2D eigenvalue weighted by atomic mass is 10.1. The summed E-state index contributed by atoms with van der Waals surface area (Å²) in [4.78, 5) is 27.0. The van der Waals surface area contributed by atoms with Crippen molar-refractivity contribution >= 4 is 17.7 Å². The second kappa shape index (κ2) is 7.78. The first-order valence-corrected chi connectivity index (χ1v) is 9.03. The van der Waals surface area contributed by atoms with Crippen LogP contribution in [0.25, 0.3) is 6.08 Å². The molecule has 1 amide bonds. The van der Waals surface area contributed by atoms with Crippen molar-refractivity contribution in [3.05, 3.63) is 46.0 Å². The fraction of sp³-hybridized carbons (Fsp3) is 0.526. The number of hydrogen-bond acceptors (Lipinski definition) is 4. The average Bonchev–Trinajstić information content (AvgIpc) is 2.84. The van der Waals surface area contributed by atoms with Gasteiger partial charge in [-0.15, -0.1) is 0 Å². The van der Waals surface area contributed by atoms with Gasteiger partial charge in [0.1, 0.15) is 0 Å². The number of rotatable bonds is 6. The number of piperazine rings is 1. The molecule has 0 aromatic heterocycles.